The van der Waals surface area contributed by atoms with Crippen LogP contribution in [0.1, 0.15) is 25.6 Å². The van der Waals surface area contributed by atoms with Crippen molar-refractivity contribution in [3.05, 3.63) is 10.9 Å². The van der Waals surface area contributed by atoms with Gasteiger partial charge >= 0.3 is 0 Å². The van der Waals surface area contributed by atoms with Crippen LogP contribution < -0.4 is 11.1 Å². The molecule has 2 aromatic rings. The summed E-state index contributed by atoms with van der Waals surface area (Å²) in [6.07, 6.45) is 0.992. The van der Waals surface area contributed by atoms with E-state index in [1.807, 2.05) is 0 Å². The monoisotopic (exact) mass is 294 g/mol. The van der Waals surface area contributed by atoms with Gasteiger partial charge in [0.15, 0.2) is 0 Å². The molecule has 3 N–H and O–H groups in total. The Balaban J connectivity index is 2.39. The number of aromatic nitrogens is 2. The molecule has 5 nitrogen and oxygen atoms in total. The van der Waals surface area contributed by atoms with Crippen LogP contribution in [0.4, 0.5) is 11.8 Å². The number of nitrogen functional groups attached to an aromatic ring is 1. The molecule has 0 radical (unpaired) electrons. The summed E-state index contributed by atoms with van der Waals surface area (Å²) in [5, 5.41) is 4.50. The molecular weight excluding hydrogens is 272 g/mol. The van der Waals surface area contributed by atoms with Crippen molar-refractivity contribution in [2.24, 2.45) is 5.92 Å². The predicted octanol–water partition coefficient (Wildman–Crippen LogP) is 2.92. The van der Waals surface area contributed by atoms with Gasteiger partial charge in [-0.1, -0.05) is 20.8 Å². The minimum Gasteiger partial charge on any atom is -0.383 e. The largest absolute Gasteiger partial charge is 0.383 e. The average molecular weight is 294 g/mol. The first-order chi connectivity index (χ1) is 9.55. The standard InChI is InChI=1S/C14H22N4OS/c1-5-9-6-10-12(16-11(7-19-4)8(2)3)17-14(15)18-13(10)20-9/h6,8,11H,5,7H2,1-4H3,(H3,15,16,17,18). The Morgan fingerprint density at radius 3 is 2.75 bits per heavy atom. The van der Waals surface area contributed by atoms with Crippen molar-refractivity contribution < 1.29 is 4.74 Å². The van der Waals surface area contributed by atoms with Crippen molar-refractivity contribution in [2.75, 3.05) is 24.8 Å². The smallest absolute Gasteiger partial charge is 0.223 e. The molecule has 0 amide bonds. The molecule has 0 aliphatic carbocycles. The number of hydrogen-bond donors (Lipinski definition) is 2. The maximum absolute atomic E-state index is 5.81. The van der Waals surface area contributed by atoms with Gasteiger partial charge in [0, 0.05) is 12.0 Å². The van der Waals surface area contributed by atoms with Crippen LogP contribution in [0.3, 0.4) is 0 Å². The van der Waals surface area contributed by atoms with Crippen LogP contribution in [0.15, 0.2) is 6.07 Å². The number of thiophene rings is 1. The van der Waals surface area contributed by atoms with Gasteiger partial charge in [-0.15, -0.1) is 11.3 Å². The zero-order chi connectivity index (χ0) is 14.7. The summed E-state index contributed by atoms with van der Waals surface area (Å²) in [4.78, 5) is 10.9. The molecule has 2 heterocycles. The first kappa shape index (κ1) is 15.0. The lowest BCUT2D eigenvalue weighted by Gasteiger charge is -2.22. The van der Waals surface area contributed by atoms with E-state index in [1.165, 1.54) is 4.88 Å². The fraction of sp³-hybridized carbons (Fsp3) is 0.571. The second-order valence-electron chi connectivity index (χ2n) is 5.17. The minimum absolute atomic E-state index is 0.197. The van der Waals surface area contributed by atoms with E-state index in [0.29, 0.717) is 18.5 Å². The number of nitrogens with one attached hydrogen (secondary N) is 1. The van der Waals surface area contributed by atoms with E-state index >= 15 is 0 Å². The molecule has 0 spiro atoms. The minimum atomic E-state index is 0.197. The second kappa shape index (κ2) is 6.37. The Kier molecular flexibility index (Phi) is 4.77. The van der Waals surface area contributed by atoms with Gasteiger partial charge in [0.1, 0.15) is 10.6 Å². The number of anilines is 2. The molecule has 1 unspecified atom stereocenters. The summed E-state index contributed by atoms with van der Waals surface area (Å²) < 4.78 is 5.27. The van der Waals surface area contributed by atoms with Crippen molar-refractivity contribution in [2.45, 2.75) is 33.2 Å². The predicted molar refractivity (Wildman–Crippen MR) is 85.3 cm³/mol. The van der Waals surface area contributed by atoms with Gasteiger partial charge in [0.2, 0.25) is 5.95 Å². The zero-order valence-corrected chi connectivity index (χ0v) is 13.3. The normalized spacial score (nSPS) is 13.1. The maximum Gasteiger partial charge on any atom is 0.223 e. The number of nitrogens with zero attached hydrogens (tertiary/aromatic N) is 2. The molecule has 20 heavy (non-hydrogen) atoms. The van der Waals surface area contributed by atoms with E-state index in [1.54, 1.807) is 18.4 Å². The summed E-state index contributed by atoms with van der Waals surface area (Å²) in [5.74, 6) is 1.55. The van der Waals surface area contributed by atoms with Crippen molar-refractivity contribution >= 4 is 33.3 Å². The first-order valence-electron chi connectivity index (χ1n) is 6.86. The summed E-state index contributed by atoms with van der Waals surface area (Å²) in [7, 11) is 1.71. The third-order valence-electron chi connectivity index (χ3n) is 3.28. The van der Waals surface area contributed by atoms with E-state index in [0.717, 1.165) is 22.5 Å². The Morgan fingerprint density at radius 1 is 1.40 bits per heavy atom. The molecular formula is C14H22N4OS. The Bertz CT molecular complexity index is 582. The number of hydrogen-bond acceptors (Lipinski definition) is 6. The Hall–Kier alpha value is -1.40. The lowest BCUT2D eigenvalue weighted by molar-refractivity contribution is 0.171. The SMILES string of the molecule is CCc1cc2c(NC(COC)C(C)C)nc(N)nc2s1. The van der Waals surface area contributed by atoms with Crippen molar-refractivity contribution in [3.8, 4) is 0 Å². The molecule has 1 atom stereocenters. The molecule has 6 heteroatoms. The highest BCUT2D eigenvalue weighted by molar-refractivity contribution is 7.18. The van der Waals surface area contributed by atoms with E-state index < -0.39 is 0 Å². The summed E-state index contributed by atoms with van der Waals surface area (Å²) >= 11 is 1.67. The van der Waals surface area contributed by atoms with Crippen LogP contribution in [0.25, 0.3) is 10.2 Å². The number of ether oxygens (including phenoxy) is 1. The van der Waals surface area contributed by atoms with E-state index in [2.05, 4.69) is 42.1 Å². The van der Waals surface area contributed by atoms with Crippen LogP contribution in [0, 0.1) is 5.92 Å². The zero-order valence-electron chi connectivity index (χ0n) is 12.4. The fourth-order valence-corrected chi connectivity index (χ4v) is 3.00. The molecule has 110 valence electrons. The quantitative estimate of drug-likeness (QED) is 0.857. The van der Waals surface area contributed by atoms with Gasteiger partial charge in [-0.3, -0.25) is 0 Å². The third-order valence-corrected chi connectivity index (χ3v) is 4.46. The number of methoxy groups -OCH3 is 1. The van der Waals surface area contributed by atoms with Crippen molar-refractivity contribution in [1.82, 2.24) is 9.97 Å². The van der Waals surface area contributed by atoms with Crippen molar-refractivity contribution in [1.29, 1.82) is 0 Å². The Labute approximate surface area is 123 Å². The van der Waals surface area contributed by atoms with Gasteiger partial charge in [-0.2, -0.15) is 4.98 Å². The van der Waals surface area contributed by atoms with E-state index in [-0.39, 0.29) is 6.04 Å². The topological polar surface area (TPSA) is 73.1 Å². The van der Waals surface area contributed by atoms with Crippen molar-refractivity contribution in [3.63, 3.8) is 0 Å². The Morgan fingerprint density at radius 2 is 2.15 bits per heavy atom. The first-order valence-corrected chi connectivity index (χ1v) is 7.68. The lowest BCUT2D eigenvalue weighted by atomic mass is 10.1. The molecule has 0 aliphatic heterocycles. The highest BCUT2D eigenvalue weighted by Gasteiger charge is 2.17. The highest BCUT2D eigenvalue weighted by atomic mass is 32.1. The van der Waals surface area contributed by atoms with Gasteiger partial charge in [-0.25, -0.2) is 4.98 Å². The lowest BCUT2D eigenvalue weighted by Crippen LogP contribution is -2.31. The number of nitrogens with two attached hydrogens (primary N) is 1. The maximum atomic E-state index is 5.81. The number of fused-ring (bicyclic) bond motifs is 1. The van der Waals surface area contributed by atoms with E-state index in [9.17, 15) is 0 Å². The van der Waals surface area contributed by atoms with Gasteiger partial charge in [-0.05, 0) is 18.4 Å². The second-order valence-corrected chi connectivity index (χ2v) is 6.28. The summed E-state index contributed by atoms with van der Waals surface area (Å²) in [5.41, 5.74) is 5.81. The molecule has 2 aromatic heterocycles. The average Bonchev–Trinajstić information content (AvgIpc) is 2.80. The molecule has 0 aromatic carbocycles. The van der Waals surface area contributed by atoms with Crippen LogP contribution >= 0.6 is 11.3 Å². The summed E-state index contributed by atoms with van der Waals surface area (Å²) in [6.45, 7) is 7.08. The molecule has 0 bridgehead atoms. The van der Waals surface area contributed by atoms with Crippen LogP contribution in [-0.2, 0) is 11.2 Å². The van der Waals surface area contributed by atoms with Gasteiger partial charge < -0.3 is 15.8 Å². The van der Waals surface area contributed by atoms with Crippen LogP contribution in [0.5, 0.6) is 0 Å². The molecule has 0 saturated heterocycles. The molecule has 0 saturated carbocycles. The summed E-state index contributed by atoms with van der Waals surface area (Å²) in [6, 6.07) is 2.34. The van der Waals surface area contributed by atoms with Gasteiger partial charge in [0.05, 0.1) is 18.0 Å². The third kappa shape index (κ3) is 3.19. The van der Waals surface area contributed by atoms with Crippen LogP contribution in [0.2, 0.25) is 0 Å². The molecule has 0 aliphatic rings. The highest BCUT2D eigenvalue weighted by Crippen LogP contribution is 2.30. The van der Waals surface area contributed by atoms with E-state index in [4.69, 9.17) is 10.5 Å². The fourth-order valence-electron chi connectivity index (χ4n) is 2.03. The van der Waals surface area contributed by atoms with Crippen LogP contribution in [-0.4, -0.2) is 29.7 Å². The number of rotatable bonds is 6. The molecule has 0 fully saturated rings. The van der Waals surface area contributed by atoms with Gasteiger partial charge in [0.25, 0.3) is 0 Å². The number of aryl methyl sites for hydroxylation is 1. The molecule has 2 rings (SSSR count).